The molecule has 0 saturated carbocycles. The Morgan fingerprint density at radius 2 is 2.00 bits per heavy atom. The number of thiophene rings is 1. The summed E-state index contributed by atoms with van der Waals surface area (Å²) in [5.41, 5.74) is 1.84. The molecule has 0 bridgehead atoms. The van der Waals surface area contributed by atoms with Gasteiger partial charge in [0.15, 0.2) is 6.10 Å². The number of carbonyl (C=O) groups is 3. The highest BCUT2D eigenvalue weighted by Crippen LogP contribution is 2.35. The number of carbonyl (C=O) groups excluding carboxylic acids is 3. The molecule has 154 valence electrons. The third-order valence-electron chi connectivity index (χ3n) is 4.75. The van der Waals surface area contributed by atoms with Gasteiger partial charge in [0, 0.05) is 17.8 Å². The fraction of sp³-hybridized carbons (Fsp3) is 0.381. The zero-order chi connectivity index (χ0) is 21.1. The molecule has 29 heavy (non-hydrogen) atoms. The van der Waals surface area contributed by atoms with E-state index >= 15 is 0 Å². The molecule has 2 amide bonds. The minimum absolute atomic E-state index is 0.0883. The molecule has 8 heteroatoms. The van der Waals surface area contributed by atoms with E-state index in [9.17, 15) is 14.4 Å². The fourth-order valence-corrected chi connectivity index (χ4v) is 4.22. The number of amides is 2. The molecule has 1 aromatic carbocycles. The second-order valence-corrected chi connectivity index (χ2v) is 7.95. The lowest BCUT2D eigenvalue weighted by molar-refractivity contribution is -0.125. The maximum absolute atomic E-state index is 12.6. The lowest BCUT2D eigenvalue weighted by atomic mass is 10.1. The Balaban J connectivity index is 1.72. The van der Waals surface area contributed by atoms with Gasteiger partial charge in [0.1, 0.15) is 10.8 Å². The van der Waals surface area contributed by atoms with Crippen LogP contribution in [0.1, 0.15) is 41.1 Å². The lowest BCUT2D eigenvalue weighted by Crippen LogP contribution is -2.45. The van der Waals surface area contributed by atoms with Gasteiger partial charge in [-0.2, -0.15) is 0 Å². The molecule has 2 aromatic rings. The first-order valence-electron chi connectivity index (χ1n) is 9.47. The van der Waals surface area contributed by atoms with Gasteiger partial charge in [0.25, 0.3) is 5.91 Å². The fourth-order valence-electron chi connectivity index (χ4n) is 3.16. The number of hydrogen-bond donors (Lipinski definition) is 1. The van der Waals surface area contributed by atoms with E-state index in [1.807, 2.05) is 26.0 Å². The van der Waals surface area contributed by atoms with Crippen molar-refractivity contribution >= 4 is 39.8 Å². The summed E-state index contributed by atoms with van der Waals surface area (Å²) in [6, 6.07) is 7.25. The number of benzene rings is 1. The minimum atomic E-state index is -0.606. The quantitative estimate of drug-likeness (QED) is 0.726. The van der Waals surface area contributed by atoms with Crippen LogP contribution in [0.15, 0.2) is 24.3 Å². The van der Waals surface area contributed by atoms with Crippen molar-refractivity contribution in [1.29, 1.82) is 0 Å². The number of aryl methyl sites for hydroxylation is 1. The number of anilines is 2. The number of hydrogen-bond acceptors (Lipinski definition) is 6. The van der Waals surface area contributed by atoms with E-state index in [1.165, 1.54) is 11.3 Å². The Kier molecular flexibility index (Phi) is 6.22. The normalized spacial score (nSPS) is 15.5. The van der Waals surface area contributed by atoms with Crippen LogP contribution in [0.3, 0.4) is 0 Å². The van der Waals surface area contributed by atoms with Gasteiger partial charge in [0.2, 0.25) is 5.91 Å². The van der Waals surface area contributed by atoms with Gasteiger partial charge in [-0.3, -0.25) is 9.59 Å². The number of esters is 1. The average molecular weight is 416 g/mol. The molecule has 1 N–H and O–H groups in total. The second-order valence-electron chi connectivity index (χ2n) is 6.72. The number of rotatable bonds is 6. The number of nitrogens with zero attached hydrogens (tertiary/aromatic N) is 1. The molecular formula is C21H24N2O5S. The Hall–Kier alpha value is -2.87. The van der Waals surface area contributed by atoms with Crippen LogP contribution in [0.25, 0.3) is 0 Å². The van der Waals surface area contributed by atoms with Crippen LogP contribution >= 0.6 is 11.3 Å². The standard InChI is InChI=1S/C21H24N2O5S/c1-5-27-21(26)18-12(2)14(4)29-19(18)22-17(24)10-11-23-15-8-6-7-9-16(15)28-13(3)20(23)25/h6-9,13H,5,10-11H2,1-4H3,(H,22,24)/t13-/m1/s1. The van der Waals surface area contributed by atoms with E-state index in [-0.39, 0.29) is 31.4 Å². The van der Waals surface area contributed by atoms with Crippen molar-refractivity contribution in [3.63, 3.8) is 0 Å². The van der Waals surface area contributed by atoms with Crippen LogP contribution < -0.4 is 15.0 Å². The number of nitrogens with one attached hydrogen (secondary N) is 1. The van der Waals surface area contributed by atoms with Crippen molar-refractivity contribution in [2.75, 3.05) is 23.4 Å². The van der Waals surface area contributed by atoms with Crippen LogP contribution in [0.5, 0.6) is 5.75 Å². The molecule has 1 aliphatic rings. The van der Waals surface area contributed by atoms with Crippen LogP contribution in [0.2, 0.25) is 0 Å². The Morgan fingerprint density at radius 1 is 1.28 bits per heavy atom. The molecule has 0 fully saturated rings. The van der Waals surface area contributed by atoms with E-state index in [0.29, 0.717) is 22.0 Å². The molecule has 0 unspecified atom stereocenters. The first-order valence-corrected chi connectivity index (χ1v) is 10.3. The Labute approximate surface area is 173 Å². The van der Waals surface area contributed by atoms with Crippen molar-refractivity contribution in [1.82, 2.24) is 0 Å². The second kappa shape index (κ2) is 8.65. The van der Waals surface area contributed by atoms with E-state index in [0.717, 1.165) is 10.4 Å². The van der Waals surface area contributed by atoms with Gasteiger partial charge in [-0.15, -0.1) is 11.3 Å². The number of para-hydroxylation sites is 2. The third kappa shape index (κ3) is 4.27. The molecule has 3 rings (SSSR count). The van der Waals surface area contributed by atoms with Crippen molar-refractivity contribution in [2.24, 2.45) is 0 Å². The summed E-state index contributed by atoms with van der Waals surface area (Å²) in [5, 5.41) is 3.29. The summed E-state index contributed by atoms with van der Waals surface area (Å²) >= 11 is 1.34. The summed E-state index contributed by atoms with van der Waals surface area (Å²) in [6.07, 6.45) is -0.517. The van der Waals surface area contributed by atoms with Crippen molar-refractivity contribution in [3.8, 4) is 5.75 Å². The van der Waals surface area contributed by atoms with Gasteiger partial charge >= 0.3 is 5.97 Å². The summed E-state index contributed by atoms with van der Waals surface area (Å²) in [7, 11) is 0. The Bertz CT molecular complexity index is 953. The van der Waals surface area contributed by atoms with Crippen LogP contribution in [0.4, 0.5) is 10.7 Å². The average Bonchev–Trinajstić information content (AvgIpc) is 2.95. The predicted molar refractivity (Wildman–Crippen MR) is 112 cm³/mol. The van der Waals surface area contributed by atoms with E-state index in [1.54, 1.807) is 30.9 Å². The van der Waals surface area contributed by atoms with Gasteiger partial charge in [-0.05, 0) is 45.4 Å². The highest BCUT2D eigenvalue weighted by atomic mass is 32.1. The molecule has 1 aromatic heterocycles. The minimum Gasteiger partial charge on any atom is -0.479 e. The van der Waals surface area contributed by atoms with Gasteiger partial charge in [-0.1, -0.05) is 12.1 Å². The first-order chi connectivity index (χ1) is 13.8. The van der Waals surface area contributed by atoms with Crippen molar-refractivity contribution in [2.45, 2.75) is 40.2 Å². The monoisotopic (exact) mass is 416 g/mol. The smallest absolute Gasteiger partial charge is 0.341 e. The highest BCUT2D eigenvalue weighted by Gasteiger charge is 2.31. The molecule has 0 spiro atoms. The highest BCUT2D eigenvalue weighted by molar-refractivity contribution is 7.16. The third-order valence-corrected chi connectivity index (χ3v) is 5.88. The predicted octanol–water partition coefficient (Wildman–Crippen LogP) is 3.68. The van der Waals surface area contributed by atoms with Crippen LogP contribution in [-0.4, -0.2) is 37.0 Å². The number of ether oxygens (including phenoxy) is 2. The summed E-state index contributed by atoms with van der Waals surface area (Å²) < 4.78 is 10.7. The lowest BCUT2D eigenvalue weighted by Gasteiger charge is -2.32. The van der Waals surface area contributed by atoms with Gasteiger partial charge in [0.05, 0.1) is 17.9 Å². The zero-order valence-electron chi connectivity index (χ0n) is 16.9. The van der Waals surface area contributed by atoms with Gasteiger partial charge in [-0.25, -0.2) is 4.79 Å². The first kappa shape index (κ1) is 20.9. The van der Waals surface area contributed by atoms with E-state index < -0.39 is 12.1 Å². The largest absolute Gasteiger partial charge is 0.479 e. The molecule has 7 nitrogen and oxygen atoms in total. The molecule has 2 heterocycles. The molecule has 1 atom stereocenters. The summed E-state index contributed by atoms with van der Waals surface area (Å²) in [5.74, 6) is -0.294. The summed E-state index contributed by atoms with van der Waals surface area (Å²) in [6.45, 7) is 7.63. The van der Waals surface area contributed by atoms with Crippen LogP contribution in [0, 0.1) is 13.8 Å². The molecular weight excluding hydrogens is 392 g/mol. The molecule has 0 aliphatic carbocycles. The van der Waals surface area contributed by atoms with Crippen molar-refractivity contribution in [3.05, 3.63) is 40.3 Å². The molecule has 1 aliphatic heterocycles. The zero-order valence-corrected chi connectivity index (χ0v) is 17.7. The Morgan fingerprint density at radius 3 is 2.72 bits per heavy atom. The van der Waals surface area contributed by atoms with Gasteiger partial charge < -0.3 is 19.7 Å². The molecule has 0 saturated heterocycles. The van der Waals surface area contributed by atoms with E-state index in [2.05, 4.69) is 5.32 Å². The maximum Gasteiger partial charge on any atom is 0.341 e. The maximum atomic E-state index is 12.6. The molecule has 0 radical (unpaired) electrons. The summed E-state index contributed by atoms with van der Waals surface area (Å²) in [4.78, 5) is 39.9. The van der Waals surface area contributed by atoms with E-state index in [4.69, 9.17) is 9.47 Å². The topological polar surface area (TPSA) is 84.9 Å². The number of fused-ring (bicyclic) bond motifs is 1. The SMILES string of the molecule is CCOC(=O)c1c(NC(=O)CCN2C(=O)[C@@H](C)Oc3ccccc32)sc(C)c1C. The van der Waals surface area contributed by atoms with Crippen molar-refractivity contribution < 1.29 is 23.9 Å². The van der Waals surface area contributed by atoms with Crippen LogP contribution in [-0.2, 0) is 14.3 Å².